The Hall–Kier alpha value is -2.42. The molecule has 0 spiro atoms. The molecule has 1 fully saturated rings. The minimum absolute atomic E-state index is 0.0405. The van der Waals surface area contributed by atoms with Crippen LogP contribution in [0.3, 0.4) is 0 Å². The lowest BCUT2D eigenvalue weighted by Crippen LogP contribution is -2.18. The number of rotatable bonds is 4. The van der Waals surface area contributed by atoms with E-state index in [1.807, 2.05) is 35.0 Å². The van der Waals surface area contributed by atoms with Crippen LogP contribution in [0.4, 0.5) is 5.82 Å². The zero-order valence-corrected chi connectivity index (χ0v) is 17.6. The van der Waals surface area contributed by atoms with E-state index in [1.165, 1.54) is 6.33 Å². The number of halogens is 2. The van der Waals surface area contributed by atoms with Gasteiger partial charge in [0.05, 0.1) is 17.0 Å². The summed E-state index contributed by atoms with van der Waals surface area (Å²) in [5, 5.41) is 2.29. The summed E-state index contributed by atoms with van der Waals surface area (Å²) in [6.07, 6.45) is 6.72. The Morgan fingerprint density at radius 3 is 3.03 bits per heavy atom. The Morgan fingerprint density at radius 2 is 2.14 bits per heavy atom. The van der Waals surface area contributed by atoms with Crippen molar-refractivity contribution in [3.05, 3.63) is 52.5 Å². The first-order chi connectivity index (χ1) is 14.1. The van der Waals surface area contributed by atoms with Gasteiger partial charge in [-0.3, -0.25) is 4.98 Å². The van der Waals surface area contributed by atoms with Gasteiger partial charge in [-0.2, -0.15) is 0 Å². The highest BCUT2D eigenvalue weighted by Crippen LogP contribution is 2.35. The van der Waals surface area contributed by atoms with Crippen LogP contribution in [0, 0.1) is 0 Å². The van der Waals surface area contributed by atoms with Crippen molar-refractivity contribution in [3.8, 4) is 5.75 Å². The highest BCUT2D eigenvalue weighted by Gasteiger charge is 2.28. The number of pyridine rings is 1. The lowest BCUT2D eigenvalue weighted by molar-refractivity contribution is -0.0155. The molecule has 0 amide bonds. The number of benzene rings is 1. The van der Waals surface area contributed by atoms with Crippen LogP contribution in [0.5, 0.6) is 5.75 Å². The number of hydrogen-bond acceptors (Lipinski definition) is 6. The third-order valence-electron chi connectivity index (χ3n) is 5.08. The smallest absolute Gasteiger partial charge is 0.147 e. The first kappa shape index (κ1) is 18.6. The van der Waals surface area contributed by atoms with Gasteiger partial charge in [0.2, 0.25) is 0 Å². The lowest BCUT2D eigenvalue weighted by Gasteiger charge is -2.17. The summed E-state index contributed by atoms with van der Waals surface area (Å²) in [7, 11) is 0. The molecule has 0 saturated carbocycles. The number of anilines is 1. The van der Waals surface area contributed by atoms with Crippen molar-refractivity contribution in [2.24, 2.45) is 0 Å². The number of fused-ring (bicyclic) bond motifs is 2. The molecular weight excluding hydrogens is 458 g/mol. The van der Waals surface area contributed by atoms with Crippen LogP contribution in [0.2, 0.25) is 5.02 Å². The van der Waals surface area contributed by atoms with E-state index in [-0.39, 0.29) is 12.3 Å². The van der Waals surface area contributed by atoms with Crippen LogP contribution in [-0.2, 0) is 4.74 Å². The molecular formula is C20H17BrClN5O2. The van der Waals surface area contributed by atoms with Crippen molar-refractivity contribution in [1.82, 2.24) is 19.5 Å². The molecule has 0 unspecified atom stereocenters. The van der Waals surface area contributed by atoms with Gasteiger partial charge in [0.15, 0.2) is 0 Å². The van der Waals surface area contributed by atoms with Crippen LogP contribution in [0.15, 0.2) is 47.5 Å². The third kappa shape index (κ3) is 3.41. The van der Waals surface area contributed by atoms with Gasteiger partial charge in [0.25, 0.3) is 0 Å². The van der Waals surface area contributed by atoms with Crippen LogP contribution in [0.25, 0.3) is 21.9 Å². The van der Waals surface area contributed by atoms with Crippen LogP contribution >= 0.6 is 27.5 Å². The van der Waals surface area contributed by atoms with E-state index in [0.717, 1.165) is 33.7 Å². The molecule has 7 nitrogen and oxygen atoms in total. The number of nitrogens with two attached hydrogens (primary N) is 1. The number of hydrogen-bond donors (Lipinski definition) is 1. The third-order valence-corrected chi connectivity index (χ3v) is 5.88. The van der Waals surface area contributed by atoms with Crippen molar-refractivity contribution in [2.45, 2.75) is 25.2 Å². The van der Waals surface area contributed by atoms with Gasteiger partial charge >= 0.3 is 0 Å². The molecule has 3 aromatic heterocycles. The topological polar surface area (TPSA) is 88.1 Å². The number of aromatic nitrogens is 4. The molecule has 0 radical (unpaired) electrons. The largest absolute Gasteiger partial charge is 0.489 e. The molecule has 5 rings (SSSR count). The van der Waals surface area contributed by atoms with E-state index >= 15 is 0 Å². The van der Waals surface area contributed by atoms with Crippen LogP contribution < -0.4 is 10.5 Å². The highest BCUT2D eigenvalue weighted by molar-refractivity contribution is 9.10. The Balaban J connectivity index is 1.29. The van der Waals surface area contributed by atoms with E-state index in [0.29, 0.717) is 28.7 Å². The first-order valence-corrected chi connectivity index (χ1v) is 10.4. The van der Waals surface area contributed by atoms with Gasteiger partial charge in [0, 0.05) is 22.3 Å². The highest BCUT2D eigenvalue weighted by atomic mass is 79.9. The maximum Gasteiger partial charge on any atom is 0.147 e. The van der Waals surface area contributed by atoms with Crippen LogP contribution in [0.1, 0.15) is 19.1 Å². The van der Waals surface area contributed by atoms with E-state index in [1.54, 1.807) is 6.20 Å². The molecule has 1 saturated heterocycles. The Labute approximate surface area is 179 Å². The van der Waals surface area contributed by atoms with Crippen molar-refractivity contribution in [1.29, 1.82) is 0 Å². The van der Waals surface area contributed by atoms with Gasteiger partial charge in [-0.1, -0.05) is 11.6 Å². The first-order valence-electron chi connectivity index (χ1n) is 9.19. The van der Waals surface area contributed by atoms with Crippen LogP contribution in [-0.4, -0.2) is 32.2 Å². The van der Waals surface area contributed by atoms with Crippen molar-refractivity contribution in [2.75, 3.05) is 12.3 Å². The summed E-state index contributed by atoms with van der Waals surface area (Å²) in [4.78, 5) is 12.8. The summed E-state index contributed by atoms with van der Waals surface area (Å²) in [5.74, 6) is 1.08. The molecule has 148 valence electrons. The van der Waals surface area contributed by atoms with Crippen molar-refractivity contribution in [3.63, 3.8) is 0 Å². The van der Waals surface area contributed by atoms with E-state index in [9.17, 15) is 0 Å². The molecule has 0 bridgehead atoms. The Morgan fingerprint density at radius 1 is 1.24 bits per heavy atom. The quantitative estimate of drug-likeness (QED) is 0.460. The molecule has 4 aromatic rings. The number of ether oxygens (including phenoxy) is 2. The summed E-state index contributed by atoms with van der Waals surface area (Å²) in [6, 6.07) is 7.70. The lowest BCUT2D eigenvalue weighted by atomic mass is 10.2. The standard InChI is InChI=1S/C20H17BrClN5O2/c21-12-7-11-1-3-15(17(22)18(11)24-8-12)28-9-13-2-4-16(29-13)27-6-5-14-19(23)25-10-26-20(14)27/h1,3,5-8,10,13,16H,2,4,9H2,(H2,23,25,26)/t13-,16+/m0/s1. The van der Waals surface area contributed by atoms with E-state index < -0.39 is 0 Å². The summed E-state index contributed by atoms with van der Waals surface area (Å²) in [5.41, 5.74) is 7.42. The minimum atomic E-state index is -0.110. The molecule has 2 atom stereocenters. The van der Waals surface area contributed by atoms with Gasteiger partial charge in [-0.15, -0.1) is 0 Å². The zero-order chi connectivity index (χ0) is 20.0. The van der Waals surface area contributed by atoms with Gasteiger partial charge in [0.1, 0.15) is 41.4 Å². The zero-order valence-electron chi connectivity index (χ0n) is 15.3. The monoisotopic (exact) mass is 473 g/mol. The second-order valence-corrected chi connectivity index (χ2v) is 8.22. The predicted octanol–water partition coefficient (Wildman–Crippen LogP) is 4.73. The van der Waals surface area contributed by atoms with Gasteiger partial charge in [-0.25, -0.2) is 9.97 Å². The molecule has 9 heteroatoms. The predicted molar refractivity (Wildman–Crippen MR) is 115 cm³/mol. The SMILES string of the molecule is Nc1ncnc2c1ccn2[C@H]1CC[C@@H](COc2ccc3cc(Br)cnc3c2Cl)O1. The maximum atomic E-state index is 6.50. The Bertz CT molecular complexity index is 1210. The second-order valence-electron chi connectivity index (χ2n) is 6.92. The van der Waals surface area contributed by atoms with E-state index in [4.69, 9.17) is 26.8 Å². The second kappa shape index (κ2) is 7.44. The number of nitrogens with zero attached hydrogens (tertiary/aromatic N) is 4. The van der Waals surface area contributed by atoms with Crippen molar-refractivity contribution >= 4 is 55.3 Å². The fraction of sp³-hybridized carbons (Fsp3) is 0.250. The molecule has 29 heavy (non-hydrogen) atoms. The molecule has 1 aliphatic heterocycles. The number of nitrogen functional groups attached to an aromatic ring is 1. The van der Waals surface area contributed by atoms with Gasteiger partial charge < -0.3 is 19.8 Å². The molecule has 1 aliphatic rings. The summed E-state index contributed by atoms with van der Waals surface area (Å²) >= 11 is 9.92. The molecule has 4 heterocycles. The normalized spacial score (nSPS) is 19.2. The molecule has 0 aliphatic carbocycles. The fourth-order valence-electron chi connectivity index (χ4n) is 3.65. The average molecular weight is 475 g/mol. The average Bonchev–Trinajstić information content (AvgIpc) is 3.35. The maximum absolute atomic E-state index is 6.50. The molecule has 1 aromatic carbocycles. The summed E-state index contributed by atoms with van der Waals surface area (Å²) in [6.45, 7) is 0.411. The summed E-state index contributed by atoms with van der Waals surface area (Å²) < 4.78 is 15.1. The van der Waals surface area contributed by atoms with Gasteiger partial charge in [-0.05, 0) is 53.0 Å². The molecule has 2 N–H and O–H groups in total. The minimum Gasteiger partial charge on any atom is -0.489 e. The van der Waals surface area contributed by atoms with Crippen molar-refractivity contribution < 1.29 is 9.47 Å². The Kier molecular flexibility index (Phi) is 4.77. The fourth-order valence-corrected chi connectivity index (χ4v) is 4.28. The van der Waals surface area contributed by atoms with E-state index in [2.05, 4.69) is 30.9 Å².